The van der Waals surface area contributed by atoms with Crippen LogP contribution in [0.3, 0.4) is 0 Å². The molecule has 0 bridgehead atoms. The molecule has 0 N–H and O–H groups in total. The normalized spacial score (nSPS) is 20.8. The van der Waals surface area contributed by atoms with Gasteiger partial charge in [0.15, 0.2) is 0 Å². The first-order valence-electron chi connectivity index (χ1n) is 7.56. The molecule has 21 heavy (non-hydrogen) atoms. The maximum atomic E-state index is 13.9. The molecule has 4 rings (SSSR count). The summed E-state index contributed by atoms with van der Waals surface area (Å²) in [5, 5.41) is 1.17. The number of aromatic nitrogens is 1. The molecule has 1 aliphatic carbocycles. The number of fused-ring (bicyclic) bond motifs is 3. The fraction of sp³-hybridized carbons (Fsp3) is 0.471. The Kier molecular flexibility index (Phi) is 2.81. The van der Waals surface area contributed by atoms with E-state index in [1.165, 1.54) is 12.5 Å². The summed E-state index contributed by atoms with van der Waals surface area (Å²) in [6.45, 7) is 0.855. The van der Waals surface area contributed by atoms with Crippen molar-refractivity contribution in [3.8, 4) is 0 Å². The lowest BCUT2D eigenvalue weighted by Gasteiger charge is -2.06. The first-order chi connectivity index (χ1) is 10.2. The fourth-order valence-electron chi connectivity index (χ4n) is 3.61. The highest BCUT2D eigenvalue weighted by Gasteiger charge is 2.31. The average molecular weight is 287 g/mol. The molecule has 0 saturated heterocycles. The highest BCUT2D eigenvalue weighted by molar-refractivity contribution is 5.86. The van der Waals surface area contributed by atoms with Crippen molar-refractivity contribution in [1.29, 1.82) is 0 Å². The van der Waals surface area contributed by atoms with E-state index in [0.29, 0.717) is 12.3 Å². The molecule has 1 aliphatic heterocycles. The van der Waals surface area contributed by atoms with E-state index in [4.69, 9.17) is 4.74 Å². The van der Waals surface area contributed by atoms with Crippen LogP contribution in [0.15, 0.2) is 18.2 Å². The summed E-state index contributed by atoms with van der Waals surface area (Å²) < 4.78 is 20.9. The van der Waals surface area contributed by atoms with Gasteiger partial charge in [-0.15, -0.1) is 0 Å². The van der Waals surface area contributed by atoms with Crippen LogP contribution in [-0.4, -0.2) is 17.6 Å². The van der Waals surface area contributed by atoms with Gasteiger partial charge in [0.05, 0.1) is 19.0 Å². The number of hydrogen-bond donors (Lipinski definition) is 0. The van der Waals surface area contributed by atoms with Crippen LogP contribution in [0, 0.1) is 5.82 Å². The molecule has 4 heteroatoms. The molecule has 2 aromatic rings. The Balaban J connectivity index is 1.81. The monoisotopic (exact) mass is 287 g/mol. The molecular weight excluding hydrogens is 269 g/mol. The third-order valence-electron chi connectivity index (χ3n) is 4.83. The van der Waals surface area contributed by atoms with Gasteiger partial charge >= 0.3 is 5.97 Å². The first-order valence-corrected chi connectivity index (χ1v) is 7.56. The van der Waals surface area contributed by atoms with Gasteiger partial charge in [-0.25, -0.2) is 4.39 Å². The average Bonchev–Trinajstić information content (AvgIpc) is 3.15. The topological polar surface area (TPSA) is 31.2 Å². The van der Waals surface area contributed by atoms with E-state index in [1.807, 2.05) is 0 Å². The third kappa shape index (κ3) is 2.04. The molecule has 3 nitrogen and oxygen atoms in total. The highest BCUT2D eigenvalue weighted by atomic mass is 19.1. The van der Waals surface area contributed by atoms with Crippen molar-refractivity contribution in [3.05, 3.63) is 35.3 Å². The van der Waals surface area contributed by atoms with Gasteiger partial charge in [-0.05, 0) is 48.9 Å². The minimum atomic E-state index is -0.174. The molecule has 0 spiro atoms. The largest absolute Gasteiger partial charge is 0.469 e. The maximum Gasteiger partial charge on any atom is 0.306 e. The minimum absolute atomic E-state index is 0.151. The second kappa shape index (κ2) is 4.58. The van der Waals surface area contributed by atoms with Gasteiger partial charge in [0.1, 0.15) is 5.82 Å². The van der Waals surface area contributed by atoms with Gasteiger partial charge in [-0.2, -0.15) is 0 Å². The van der Waals surface area contributed by atoms with Gasteiger partial charge in [0.2, 0.25) is 0 Å². The molecule has 1 fully saturated rings. The van der Waals surface area contributed by atoms with Crippen molar-refractivity contribution in [1.82, 2.24) is 4.57 Å². The van der Waals surface area contributed by atoms with Crippen LogP contribution in [-0.2, 0) is 16.1 Å². The van der Waals surface area contributed by atoms with Crippen LogP contribution >= 0.6 is 0 Å². The molecule has 1 aromatic carbocycles. The predicted octanol–water partition coefficient (Wildman–Crippen LogP) is 3.71. The standard InChI is InChI=1S/C17H18FNO2/c1-21-17(20)6-11-4-5-19-15(11)9-14-13(10-2-3-10)7-12(18)8-16(14)19/h7-11H,2-6H2,1H3. The summed E-state index contributed by atoms with van der Waals surface area (Å²) in [5.41, 5.74) is 3.28. The number of esters is 1. The van der Waals surface area contributed by atoms with Gasteiger partial charge < -0.3 is 9.30 Å². The van der Waals surface area contributed by atoms with Crippen molar-refractivity contribution in [2.24, 2.45) is 0 Å². The van der Waals surface area contributed by atoms with Crippen molar-refractivity contribution in [2.75, 3.05) is 7.11 Å². The highest BCUT2D eigenvalue weighted by Crippen LogP contribution is 2.46. The van der Waals surface area contributed by atoms with Crippen molar-refractivity contribution >= 4 is 16.9 Å². The van der Waals surface area contributed by atoms with E-state index in [2.05, 4.69) is 10.6 Å². The molecular formula is C17H18FNO2. The molecule has 1 unspecified atom stereocenters. The van der Waals surface area contributed by atoms with Crippen molar-refractivity contribution in [3.63, 3.8) is 0 Å². The predicted molar refractivity (Wildman–Crippen MR) is 77.9 cm³/mol. The molecule has 0 amide bonds. The number of carbonyl (C=O) groups is 1. The SMILES string of the molecule is COC(=O)CC1CCn2c1cc1c(C3CC3)cc(F)cc12. The number of carbonyl (C=O) groups excluding carboxylic acids is 1. The Morgan fingerprint density at radius 3 is 2.86 bits per heavy atom. The molecule has 0 radical (unpaired) electrons. The van der Waals surface area contributed by atoms with Crippen molar-refractivity contribution < 1.29 is 13.9 Å². The molecule has 1 atom stereocenters. The second-order valence-corrected chi connectivity index (χ2v) is 6.19. The van der Waals surface area contributed by atoms with Crippen LogP contribution in [0.5, 0.6) is 0 Å². The summed E-state index contributed by atoms with van der Waals surface area (Å²) in [4.78, 5) is 11.5. The Labute approximate surface area is 122 Å². The first kappa shape index (κ1) is 12.9. The van der Waals surface area contributed by atoms with E-state index in [0.717, 1.165) is 42.6 Å². The molecule has 2 heterocycles. The van der Waals surface area contributed by atoms with Crippen LogP contribution in [0.25, 0.3) is 10.9 Å². The Morgan fingerprint density at radius 2 is 2.14 bits per heavy atom. The fourth-order valence-corrected chi connectivity index (χ4v) is 3.61. The summed E-state index contributed by atoms with van der Waals surface area (Å²) in [6, 6.07) is 5.49. The third-order valence-corrected chi connectivity index (χ3v) is 4.83. The van der Waals surface area contributed by atoms with E-state index in [1.54, 1.807) is 12.1 Å². The second-order valence-electron chi connectivity index (χ2n) is 6.19. The zero-order valence-corrected chi connectivity index (χ0v) is 12.1. The maximum absolute atomic E-state index is 13.9. The van der Waals surface area contributed by atoms with Crippen molar-refractivity contribution in [2.45, 2.75) is 44.1 Å². The van der Waals surface area contributed by atoms with Gasteiger partial charge in [-0.3, -0.25) is 4.79 Å². The van der Waals surface area contributed by atoms with Crippen LogP contribution in [0.4, 0.5) is 4.39 Å². The van der Waals surface area contributed by atoms with Crippen LogP contribution in [0.2, 0.25) is 0 Å². The zero-order valence-electron chi connectivity index (χ0n) is 12.1. The number of nitrogens with zero attached hydrogens (tertiary/aromatic N) is 1. The van der Waals surface area contributed by atoms with Crippen LogP contribution < -0.4 is 0 Å². The van der Waals surface area contributed by atoms with E-state index in [9.17, 15) is 9.18 Å². The van der Waals surface area contributed by atoms with E-state index in [-0.39, 0.29) is 17.7 Å². The Morgan fingerprint density at radius 1 is 1.33 bits per heavy atom. The summed E-state index contributed by atoms with van der Waals surface area (Å²) in [7, 11) is 1.42. The van der Waals surface area contributed by atoms with E-state index < -0.39 is 0 Å². The Bertz CT molecular complexity index is 730. The lowest BCUT2D eigenvalue weighted by atomic mass is 9.99. The number of halogens is 1. The number of hydrogen-bond acceptors (Lipinski definition) is 2. The number of aryl methyl sites for hydroxylation is 1. The summed E-state index contributed by atoms with van der Waals surface area (Å²) in [6.07, 6.45) is 3.65. The van der Waals surface area contributed by atoms with Gasteiger partial charge in [0.25, 0.3) is 0 Å². The zero-order chi connectivity index (χ0) is 14.6. The number of ether oxygens (including phenoxy) is 1. The quantitative estimate of drug-likeness (QED) is 0.806. The summed E-state index contributed by atoms with van der Waals surface area (Å²) >= 11 is 0. The Hall–Kier alpha value is -1.84. The number of rotatable bonds is 3. The smallest absolute Gasteiger partial charge is 0.306 e. The van der Waals surface area contributed by atoms with E-state index >= 15 is 0 Å². The van der Waals surface area contributed by atoms with Gasteiger partial charge in [0, 0.05) is 23.5 Å². The minimum Gasteiger partial charge on any atom is -0.469 e. The van der Waals surface area contributed by atoms with Crippen LogP contribution in [0.1, 0.15) is 48.8 Å². The van der Waals surface area contributed by atoms with Gasteiger partial charge in [-0.1, -0.05) is 0 Å². The molecule has 1 saturated carbocycles. The molecule has 110 valence electrons. The molecule has 1 aromatic heterocycles. The number of methoxy groups -OCH3 is 1. The molecule has 2 aliphatic rings. The summed E-state index contributed by atoms with van der Waals surface area (Å²) in [5.74, 6) is 0.388. The lowest BCUT2D eigenvalue weighted by Crippen LogP contribution is -2.06. The number of benzene rings is 1. The lowest BCUT2D eigenvalue weighted by molar-refractivity contribution is -0.141.